The number of hydrogen-bond acceptors (Lipinski definition) is 4. The van der Waals surface area contributed by atoms with Crippen LogP contribution in [-0.2, 0) is 16.8 Å². The topological polar surface area (TPSA) is 41.9 Å². The van der Waals surface area contributed by atoms with E-state index in [1.165, 1.54) is 5.56 Å². The predicted molar refractivity (Wildman–Crippen MR) is 128 cm³/mol. The summed E-state index contributed by atoms with van der Waals surface area (Å²) in [5.74, 6) is 0.687. The van der Waals surface area contributed by atoms with Crippen molar-refractivity contribution in [3.05, 3.63) is 101 Å². The molecule has 32 heavy (non-hydrogen) atoms. The number of benzene rings is 3. The normalized spacial score (nSPS) is 17.5. The van der Waals surface area contributed by atoms with Crippen LogP contribution in [0.15, 0.2) is 78.9 Å². The van der Waals surface area contributed by atoms with E-state index in [9.17, 15) is 5.11 Å². The minimum Gasteiger partial charge on any atom is -0.497 e. The van der Waals surface area contributed by atoms with Crippen LogP contribution in [0.25, 0.3) is 0 Å². The summed E-state index contributed by atoms with van der Waals surface area (Å²) in [7, 11) is 1.67. The fourth-order valence-corrected chi connectivity index (χ4v) is 4.70. The SMILES string of the molecule is COc1ccc([C@](O)(Cc2cccc(C)c2)[C@H](CN2CCOCC2)c2ccccc2)cc1. The van der Waals surface area contributed by atoms with Gasteiger partial charge in [-0.25, -0.2) is 0 Å². The van der Waals surface area contributed by atoms with E-state index in [1.807, 2.05) is 30.3 Å². The first-order valence-electron chi connectivity index (χ1n) is 11.4. The summed E-state index contributed by atoms with van der Waals surface area (Å²) in [6, 6.07) is 26.7. The van der Waals surface area contributed by atoms with Crippen molar-refractivity contribution in [2.45, 2.75) is 24.9 Å². The number of methoxy groups -OCH3 is 1. The van der Waals surface area contributed by atoms with Crippen molar-refractivity contribution in [3.63, 3.8) is 0 Å². The van der Waals surface area contributed by atoms with E-state index in [-0.39, 0.29) is 5.92 Å². The van der Waals surface area contributed by atoms with Gasteiger partial charge in [-0.2, -0.15) is 0 Å². The highest BCUT2D eigenvalue weighted by Crippen LogP contribution is 2.41. The first-order valence-corrected chi connectivity index (χ1v) is 11.4. The van der Waals surface area contributed by atoms with Gasteiger partial charge in [0, 0.05) is 32.0 Å². The van der Waals surface area contributed by atoms with Crippen molar-refractivity contribution in [2.75, 3.05) is 40.0 Å². The lowest BCUT2D eigenvalue weighted by Gasteiger charge is -2.41. The molecule has 3 aromatic rings. The number of nitrogens with zero attached hydrogens (tertiary/aromatic N) is 1. The Kier molecular flexibility index (Phi) is 7.26. The molecule has 1 aliphatic rings. The maximum Gasteiger partial charge on any atom is 0.118 e. The third-order valence-corrected chi connectivity index (χ3v) is 6.47. The number of aryl methyl sites for hydroxylation is 1. The van der Waals surface area contributed by atoms with Gasteiger partial charge in [-0.3, -0.25) is 4.90 Å². The van der Waals surface area contributed by atoms with Gasteiger partial charge in [0.15, 0.2) is 0 Å². The monoisotopic (exact) mass is 431 g/mol. The maximum atomic E-state index is 12.5. The molecule has 0 aliphatic carbocycles. The molecule has 4 heteroatoms. The van der Waals surface area contributed by atoms with E-state index < -0.39 is 5.60 Å². The van der Waals surface area contributed by atoms with Crippen molar-refractivity contribution < 1.29 is 14.6 Å². The molecule has 1 saturated heterocycles. The molecule has 2 atom stereocenters. The van der Waals surface area contributed by atoms with Crippen LogP contribution in [0.2, 0.25) is 0 Å². The smallest absolute Gasteiger partial charge is 0.118 e. The summed E-state index contributed by atoms with van der Waals surface area (Å²) in [4.78, 5) is 2.41. The van der Waals surface area contributed by atoms with Crippen molar-refractivity contribution in [3.8, 4) is 5.75 Å². The number of hydrogen-bond donors (Lipinski definition) is 1. The van der Waals surface area contributed by atoms with Gasteiger partial charge in [-0.05, 0) is 35.7 Å². The molecule has 3 aromatic carbocycles. The molecule has 0 saturated carbocycles. The van der Waals surface area contributed by atoms with E-state index in [1.54, 1.807) is 7.11 Å². The molecule has 1 aliphatic heterocycles. The Morgan fingerprint density at radius 1 is 0.969 bits per heavy atom. The second-order valence-corrected chi connectivity index (χ2v) is 8.69. The average Bonchev–Trinajstić information content (AvgIpc) is 2.84. The zero-order chi connectivity index (χ0) is 22.4. The Hall–Kier alpha value is -2.66. The van der Waals surface area contributed by atoms with Crippen LogP contribution in [0, 0.1) is 6.92 Å². The quantitative estimate of drug-likeness (QED) is 0.568. The molecule has 0 aromatic heterocycles. The first-order chi connectivity index (χ1) is 15.6. The molecular weight excluding hydrogens is 398 g/mol. The Morgan fingerprint density at radius 2 is 1.69 bits per heavy atom. The highest BCUT2D eigenvalue weighted by molar-refractivity contribution is 5.38. The van der Waals surface area contributed by atoms with Gasteiger partial charge in [-0.15, -0.1) is 0 Å². The molecule has 0 bridgehead atoms. The number of rotatable bonds is 8. The summed E-state index contributed by atoms with van der Waals surface area (Å²) in [5, 5.41) is 12.5. The van der Waals surface area contributed by atoms with Crippen LogP contribution in [-0.4, -0.2) is 50.0 Å². The van der Waals surface area contributed by atoms with Crippen LogP contribution in [0.3, 0.4) is 0 Å². The summed E-state index contributed by atoms with van der Waals surface area (Å²) >= 11 is 0. The zero-order valence-electron chi connectivity index (χ0n) is 19.0. The highest BCUT2D eigenvalue weighted by atomic mass is 16.5. The third kappa shape index (κ3) is 5.21. The third-order valence-electron chi connectivity index (χ3n) is 6.47. The van der Waals surface area contributed by atoms with Gasteiger partial charge in [0.25, 0.3) is 0 Å². The standard InChI is InChI=1S/C28H33NO3/c1-22-7-6-8-23(19-22)20-28(30,25-11-13-26(31-2)14-12-25)27(24-9-4-3-5-10-24)21-29-15-17-32-18-16-29/h3-14,19,27,30H,15-18,20-21H2,1-2H3/t27-,28-/m1/s1. The molecule has 0 spiro atoms. The lowest BCUT2D eigenvalue weighted by atomic mass is 9.73. The van der Waals surface area contributed by atoms with Gasteiger partial charge in [0.2, 0.25) is 0 Å². The Morgan fingerprint density at radius 3 is 2.34 bits per heavy atom. The van der Waals surface area contributed by atoms with E-state index in [2.05, 4.69) is 60.4 Å². The van der Waals surface area contributed by atoms with Gasteiger partial charge >= 0.3 is 0 Å². The number of morpholine rings is 1. The second kappa shape index (κ2) is 10.3. The molecule has 1 N–H and O–H groups in total. The summed E-state index contributed by atoms with van der Waals surface area (Å²) in [5.41, 5.74) is 3.29. The zero-order valence-corrected chi connectivity index (χ0v) is 19.0. The Labute approximate surface area is 191 Å². The average molecular weight is 432 g/mol. The Balaban J connectivity index is 1.79. The Bertz CT molecular complexity index is 983. The number of ether oxygens (including phenoxy) is 2. The van der Waals surface area contributed by atoms with E-state index in [0.717, 1.165) is 55.3 Å². The predicted octanol–water partition coefficient (Wildman–Crippen LogP) is 4.55. The molecule has 0 amide bonds. The molecule has 168 valence electrons. The highest BCUT2D eigenvalue weighted by Gasteiger charge is 2.40. The molecule has 4 nitrogen and oxygen atoms in total. The molecule has 1 fully saturated rings. The van der Waals surface area contributed by atoms with Gasteiger partial charge in [0.1, 0.15) is 11.4 Å². The van der Waals surface area contributed by atoms with E-state index in [4.69, 9.17) is 9.47 Å². The van der Waals surface area contributed by atoms with Crippen LogP contribution >= 0.6 is 0 Å². The van der Waals surface area contributed by atoms with Gasteiger partial charge in [-0.1, -0.05) is 72.3 Å². The van der Waals surface area contributed by atoms with Crippen molar-refractivity contribution >= 4 is 0 Å². The molecule has 0 unspecified atom stereocenters. The van der Waals surface area contributed by atoms with Crippen molar-refractivity contribution in [1.29, 1.82) is 0 Å². The number of aliphatic hydroxyl groups is 1. The van der Waals surface area contributed by atoms with Crippen LogP contribution in [0.1, 0.15) is 28.2 Å². The summed E-state index contributed by atoms with van der Waals surface area (Å²) in [6.07, 6.45) is 0.533. The molecule has 1 heterocycles. The fourth-order valence-electron chi connectivity index (χ4n) is 4.70. The van der Waals surface area contributed by atoms with Crippen LogP contribution in [0.4, 0.5) is 0 Å². The minimum absolute atomic E-state index is 0.101. The van der Waals surface area contributed by atoms with Crippen LogP contribution in [0.5, 0.6) is 5.75 Å². The van der Waals surface area contributed by atoms with Crippen molar-refractivity contribution in [1.82, 2.24) is 4.90 Å². The largest absolute Gasteiger partial charge is 0.497 e. The lowest BCUT2D eigenvalue weighted by Crippen LogP contribution is -2.45. The van der Waals surface area contributed by atoms with Gasteiger partial charge in [0.05, 0.1) is 20.3 Å². The molecular formula is C28H33NO3. The first kappa shape index (κ1) is 22.5. The lowest BCUT2D eigenvalue weighted by molar-refractivity contribution is -0.0223. The van der Waals surface area contributed by atoms with Gasteiger partial charge < -0.3 is 14.6 Å². The minimum atomic E-state index is -1.08. The van der Waals surface area contributed by atoms with Crippen LogP contribution < -0.4 is 4.74 Å². The summed E-state index contributed by atoms with van der Waals surface area (Å²) in [6.45, 7) is 6.10. The summed E-state index contributed by atoms with van der Waals surface area (Å²) < 4.78 is 11.0. The van der Waals surface area contributed by atoms with Crippen molar-refractivity contribution in [2.24, 2.45) is 0 Å². The molecule has 4 rings (SSSR count). The maximum absolute atomic E-state index is 12.5. The second-order valence-electron chi connectivity index (χ2n) is 8.69. The fraction of sp³-hybridized carbons (Fsp3) is 0.357. The van der Waals surface area contributed by atoms with E-state index in [0.29, 0.717) is 6.42 Å². The van der Waals surface area contributed by atoms with E-state index >= 15 is 0 Å². The molecule has 0 radical (unpaired) electrons.